The van der Waals surface area contributed by atoms with Crippen LogP contribution in [0.1, 0.15) is 15.9 Å². The molecule has 2 aromatic carbocycles. The molecular formula is C15H10F4O2. The second-order valence-corrected chi connectivity index (χ2v) is 4.19. The maximum atomic E-state index is 13.4. The number of halogens is 4. The van der Waals surface area contributed by atoms with Crippen LogP contribution in [0.4, 0.5) is 17.6 Å². The molecule has 2 nitrogen and oxygen atoms in total. The first-order valence-electron chi connectivity index (χ1n) is 5.96. The van der Waals surface area contributed by atoms with Crippen molar-refractivity contribution in [2.24, 2.45) is 0 Å². The molecule has 0 saturated carbocycles. The van der Waals surface area contributed by atoms with Crippen LogP contribution in [0.25, 0.3) is 0 Å². The maximum Gasteiger partial charge on any atom is 0.419 e. The summed E-state index contributed by atoms with van der Waals surface area (Å²) in [7, 11) is 0. The molecule has 0 bridgehead atoms. The predicted octanol–water partition coefficient (Wildman–Crippen LogP) is 4.11. The molecule has 21 heavy (non-hydrogen) atoms. The average molecular weight is 298 g/mol. The van der Waals surface area contributed by atoms with Gasteiger partial charge in [-0.2, -0.15) is 13.2 Å². The van der Waals surface area contributed by atoms with E-state index in [9.17, 15) is 22.4 Å². The fraction of sp³-hybridized carbons (Fsp3) is 0.133. The second-order valence-electron chi connectivity index (χ2n) is 4.19. The number of carbonyl (C=O) groups is 1. The summed E-state index contributed by atoms with van der Waals surface area (Å²) >= 11 is 0. The van der Waals surface area contributed by atoms with Crippen molar-refractivity contribution in [2.45, 2.75) is 6.18 Å². The zero-order valence-corrected chi connectivity index (χ0v) is 10.7. The summed E-state index contributed by atoms with van der Waals surface area (Å²) in [6, 6.07) is 10.8. The molecule has 0 aliphatic carbocycles. The van der Waals surface area contributed by atoms with Crippen LogP contribution >= 0.6 is 0 Å². The van der Waals surface area contributed by atoms with Crippen molar-refractivity contribution >= 4 is 5.78 Å². The minimum atomic E-state index is -4.94. The highest BCUT2D eigenvalue weighted by Crippen LogP contribution is 2.34. The lowest BCUT2D eigenvalue weighted by molar-refractivity contribution is -0.140. The Bertz CT molecular complexity index is 636. The minimum Gasteiger partial charge on any atom is -0.485 e. The van der Waals surface area contributed by atoms with Crippen molar-refractivity contribution in [3.63, 3.8) is 0 Å². The molecule has 0 heterocycles. The lowest BCUT2D eigenvalue weighted by atomic mass is 10.0. The first-order chi connectivity index (χ1) is 9.89. The largest absolute Gasteiger partial charge is 0.485 e. The van der Waals surface area contributed by atoms with Gasteiger partial charge in [-0.05, 0) is 18.2 Å². The zero-order valence-electron chi connectivity index (χ0n) is 10.7. The number of alkyl halides is 3. The standard InChI is InChI=1S/C15H10F4O2/c16-12-8-4-7-11(14(12)15(17,18)19)13(20)9-21-10-5-2-1-3-6-10/h1-8H,9H2. The van der Waals surface area contributed by atoms with Gasteiger partial charge >= 0.3 is 6.18 Å². The fourth-order valence-corrected chi connectivity index (χ4v) is 1.79. The molecule has 0 aliphatic rings. The highest BCUT2D eigenvalue weighted by Gasteiger charge is 2.38. The first kappa shape index (κ1) is 15.0. The molecule has 110 valence electrons. The van der Waals surface area contributed by atoms with Crippen molar-refractivity contribution < 1.29 is 27.1 Å². The van der Waals surface area contributed by atoms with Gasteiger partial charge in [0.25, 0.3) is 0 Å². The van der Waals surface area contributed by atoms with E-state index < -0.39 is 35.5 Å². The van der Waals surface area contributed by atoms with Crippen molar-refractivity contribution in [3.8, 4) is 5.75 Å². The molecular weight excluding hydrogens is 288 g/mol. The van der Waals surface area contributed by atoms with Crippen LogP contribution < -0.4 is 4.74 Å². The normalized spacial score (nSPS) is 11.2. The Balaban J connectivity index is 2.22. The lowest BCUT2D eigenvalue weighted by Crippen LogP contribution is -2.19. The van der Waals surface area contributed by atoms with Gasteiger partial charge in [0.2, 0.25) is 5.78 Å². The van der Waals surface area contributed by atoms with E-state index in [2.05, 4.69) is 0 Å². The number of hydrogen-bond acceptors (Lipinski definition) is 2. The molecule has 2 aromatic rings. The van der Waals surface area contributed by atoms with Gasteiger partial charge in [-0.15, -0.1) is 0 Å². The number of hydrogen-bond donors (Lipinski definition) is 0. The molecule has 0 spiro atoms. The Morgan fingerprint density at radius 3 is 2.29 bits per heavy atom. The number of benzene rings is 2. The van der Waals surface area contributed by atoms with E-state index >= 15 is 0 Å². The Hall–Kier alpha value is -2.37. The van der Waals surface area contributed by atoms with Crippen molar-refractivity contribution in [1.29, 1.82) is 0 Å². The smallest absolute Gasteiger partial charge is 0.419 e. The summed E-state index contributed by atoms with van der Waals surface area (Å²) in [4.78, 5) is 11.8. The highest BCUT2D eigenvalue weighted by atomic mass is 19.4. The summed E-state index contributed by atoms with van der Waals surface area (Å²) in [6.45, 7) is -0.601. The predicted molar refractivity (Wildman–Crippen MR) is 67.7 cm³/mol. The molecule has 0 unspecified atom stereocenters. The van der Waals surface area contributed by atoms with E-state index in [1.54, 1.807) is 30.3 Å². The van der Waals surface area contributed by atoms with E-state index in [4.69, 9.17) is 4.74 Å². The number of ketones is 1. The Labute approximate surface area is 118 Å². The quantitative estimate of drug-likeness (QED) is 0.627. The van der Waals surface area contributed by atoms with Crippen LogP contribution in [0.15, 0.2) is 48.5 Å². The summed E-state index contributed by atoms with van der Waals surface area (Å²) in [5.41, 5.74) is -2.30. The van der Waals surface area contributed by atoms with Gasteiger partial charge in [-0.25, -0.2) is 4.39 Å². The molecule has 0 radical (unpaired) electrons. The van der Waals surface area contributed by atoms with E-state index in [1.807, 2.05) is 0 Å². The van der Waals surface area contributed by atoms with Gasteiger partial charge in [0.1, 0.15) is 17.1 Å². The van der Waals surface area contributed by atoms with E-state index in [0.29, 0.717) is 11.8 Å². The fourth-order valence-electron chi connectivity index (χ4n) is 1.79. The number of rotatable bonds is 4. The highest BCUT2D eigenvalue weighted by molar-refractivity contribution is 5.98. The second kappa shape index (κ2) is 5.95. The van der Waals surface area contributed by atoms with Crippen LogP contribution in [0.5, 0.6) is 5.75 Å². The van der Waals surface area contributed by atoms with Crippen molar-refractivity contribution in [1.82, 2.24) is 0 Å². The van der Waals surface area contributed by atoms with Crippen LogP contribution in [-0.4, -0.2) is 12.4 Å². The molecule has 0 amide bonds. The number of carbonyl (C=O) groups excluding carboxylic acids is 1. The number of ether oxygens (including phenoxy) is 1. The number of para-hydroxylation sites is 1. The van der Waals surface area contributed by atoms with Gasteiger partial charge in [0, 0.05) is 5.56 Å². The molecule has 2 rings (SSSR count). The van der Waals surface area contributed by atoms with Gasteiger partial charge in [0.05, 0.1) is 0 Å². The summed E-state index contributed by atoms with van der Waals surface area (Å²) < 4.78 is 56.8. The molecule has 0 fully saturated rings. The summed E-state index contributed by atoms with van der Waals surface area (Å²) in [5, 5.41) is 0. The van der Waals surface area contributed by atoms with E-state index in [1.165, 1.54) is 0 Å². The van der Waals surface area contributed by atoms with Gasteiger partial charge in [-0.3, -0.25) is 4.79 Å². The third-order valence-corrected chi connectivity index (χ3v) is 2.71. The van der Waals surface area contributed by atoms with Crippen molar-refractivity contribution in [3.05, 3.63) is 65.5 Å². The van der Waals surface area contributed by atoms with Gasteiger partial charge in [0.15, 0.2) is 6.61 Å². The molecule has 0 N–H and O–H groups in total. The van der Waals surface area contributed by atoms with Crippen LogP contribution in [0, 0.1) is 5.82 Å². The number of Topliss-reactive ketones (excluding diaryl/α,β-unsaturated/α-hetero) is 1. The van der Waals surface area contributed by atoms with Crippen LogP contribution in [0.2, 0.25) is 0 Å². The maximum absolute atomic E-state index is 13.4. The Kier molecular flexibility index (Phi) is 4.26. The lowest BCUT2D eigenvalue weighted by Gasteiger charge is -2.13. The van der Waals surface area contributed by atoms with Crippen LogP contribution in [-0.2, 0) is 6.18 Å². The average Bonchev–Trinajstić information content (AvgIpc) is 2.44. The molecule has 6 heteroatoms. The molecule has 0 saturated heterocycles. The van der Waals surface area contributed by atoms with E-state index in [0.717, 1.165) is 12.1 Å². The van der Waals surface area contributed by atoms with Crippen LogP contribution in [0.3, 0.4) is 0 Å². The Morgan fingerprint density at radius 2 is 1.67 bits per heavy atom. The molecule has 0 atom stereocenters. The van der Waals surface area contributed by atoms with E-state index in [-0.39, 0.29) is 0 Å². The van der Waals surface area contributed by atoms with Crippen molar-refractivity contribution in [2.75, 3.05) is 6.61 Å². The summed E-state index contributed by atoms with van der Waals surface area (Å²) in [5.74, 6) is -2.07. The van der Waals surface area contributed by atoms with Gasteiger partial charge in [-0.1, -0.05) is 30.3 Å². The summed E-state index contributed by atoms with van der Waals surface area (Å²) in [6.07, 6.45) is -4.94. The topological polar surface area (TPSA) is 26.3 Å². The zero-order chi connectivity index (χ0) is 15.5. The molecule has 0 aromatic heterocycles. The third-order valence-electron chi connectivity index (χ3n) is 2.71. The SMILES string of the molecule is O=C(COc1ccccc1)c1cccc(F)c1C(F)(F)F. The monoisotopic (exact) mass is 298 g/mol. The first-order valence-corrected chi connectivity index (χ1v) is 5.96. The van der Waals surface area contributed by atoms with Gasteiger partial charge < -0.3 is 4.74 Å². The minimum absolute atomic E-state index is 0.343. The molecule has 0 aliphatic heterocycles. The Morgan fingerprint density at radius 1 is 1.00 bits per heavy atom. The third kappa shape index (κ3) is 3.59.